The topological polar surface area (TPSA) is 52.6 Å². The van der Waals surface area contributed by atoms with Crippen molar-refractivity contribution in [1.29, 1.82) is 0 Å². The van der Waals surface area contributed by atoms with E-state index in [-0.39, 0.29) is 11.8 Å². The maximum atomic E-state index is 11.9. The highest BCUT2D eigenvalue weighted by atomic mass is 16.2. The average molecular weight is 259 g/mol. The summed E-state index contributed by atoms with van der Waals surface area (Å²) in [6, 6.07) is 5.48. The first-order valence-corrected chi connectivity index (χ1v) is 6.66. The van der Waals surface area contributed by atoms with E-state index < -0.39 is 0 Å². The number of fused-ring (bicyclic) bond motifs is 1. The molecule has 19 heavy (non-hydrogen) atoms. The molecule has 1 aromatic rings. The molecule has 2 heterocycles. The summed E-state index contributed by atoms with van der Waals surface area (Å²) in [6.45, 7) is 6.99. The molecule has 1 N–H and O–H groups in total. The fraction of sp³-hybridized carbons (Fsp3) is 0.429. The number of nitrogens with one attached hydrogen (secondary N) is 1. The number of piperazine rings is 1. The van der Waals surface area contributed by atoms with E-state index >= 15 is 0 Å². The highest BCUT2D eigenvalue weighted by Crippen LogP contribution is 2.28. The van der Waals surface area contributed by atoms with Gasteiger partial charge in [0.2, 0.25) is 0 Å². The molecule has 5 nitrogen and oxygen atoms in total. The number of rotatable bonds is 2. The molecule has 3 rings (SSSR count). The van der Waals surface area contributed by atoms with Gasteiger partial charge in [-0.3, -0.25) is 14.9 Å². The largest absolute Gasteiger partial charge is 0.368 e. The van der Waals surface area contributed by atoms with E-state index in [0.717, 1.165) is 38.4 Å². The third-order valence-electron chi connectivity index (χ3n) is 3.90. The first kappa shape index (κ1) is 12.2. The van der Waals surface area contributed by atoms with Gasteiger partial charge in [0.1, 0.15) is 0 Å². The molecule has 2 aliphatic rings. The van der Waals surface area contributed by atoms with Gasteiger partial charge in [-0.1, -0.05) is 13.0 Å². The van der Waals surface area contributed by atoms with Crippen molar-refractivity contribution in [2.24, 2.45) is 0 Å². The Hall–Kier alpha value is -1.88. The zero-order valence-corrected chi connectivity index (χ0v) is 11.0. The fourth-order valence-electron chi connectivity index (χ4n) is 2.77. The molecule has 0 bridgehead atoms. The minimum absolute atomic E-state index is 0.270. The number of hydrogen-bond acceptors (Lipinski definition) is 4. The summed E-state index contributed by atoms with van der Waals surface area (Å²) >= 11 is 0. The molecule has 1 aromatic carbocycles. The first-order valence-electron chi connectivity index (χ1n) is 6.66. The van der Waals surface area contributed by atoms with E-state index in [9.17, 15) is 9.59 Å². The van der Waals surface area contributed by atoms with Crippen LogP contribution in [0, 0.1) is 0 Å². The van der Waals surface area contributed by atoms with Gasteiger partial charge in [-0.25, -0.2) is 0 Å². The summed E-state index contributed by atoms with van der Waals surface area (Å²) in [5.41, 5.74) is 1.93. The minimum Gasteiger partial charge on any atom is -0.368 e. The van der Waals surface area contributed by atoms with E-state index in [1.54, 1.807) is 6.07 Å². The van der Waals surface area contributed by atoms with Crippen LogP contribution in [0.1, 0.15) is 27.6 Å². The number of anilines is 1. The molecule has 0 unspecified atom stereocenters. The number of amides is 2. The van der Waals surface area contributed by atoms with E-state index in [0.29, 0.717) is 11.1 Å². The minimum atomic E-state index is -0.283. The average Bonchev–Trinajstić information content (AvgIpc) is 2.74. The van der Waals surface area contributed by atoms with Crippen LogP contribution in [0.4, 0.5) is 5.69 Å². The quantitative estimate of drug-likeness (QED) is 0.795. The normalized spacial score (nSPS) is 19.5. The SMILES string of the molecule is CCN1CCN(c2cccc3c2C(=O)NC3=O)CC1. The van der Waals surface area contributed by atoms with Crippen LogP contribution in [0.5, 0.6) is 0 Å². The smallest absolute Gasteiger partial charge is 0.261 e. The van der Waals surface area contributed by atoms with Gasteiger partial charge < -0.3 is 9.80 Å². The Morgan fingerprint density at radius 1 is 1.11 bits per heavy atom. The van der Waals surface area contributed by atoms with Crippen LogP contribution in [0.2, 0.25) is 0 Å². The van der Waals surface area contributed by atoms with Crippen LogP contribution in [0.3, 0.4) is 0 Å². The summed E-state index contributed by atoms with van der Waals surface area (Å²) in [6.07, 6.45) is 0. The van der Waals surface area contributed by atoms with Crippen LogP contribution in [0.15, 0.2) is 18.2 Å². The van der Waals surface area contributed by atoms with Crippen molar-refractivity contribution in [2.45, 2.75) is 6.92 Å². The molecule has 0 saturated carbocycles. The molecular weight excluding hydrogens is 242 g/mol. The number of imide groups is 1. The number of likely N-dealkylation sites (N-methyl/N-ethyl adjacent to an activating group) is 1. The van der Waals surface area contributed by atoms with Gasteiger partial charge in [-0.2, -0.15) is 0 Å². The summed E-state index contributed by atoms with van der Waals surface area (Å²) < 4.78 is 0. The van der Waals surface area contributed by atoms with Crippen molar-refractivity contribution in [3.05, 3.63) is 29.3 Å². The third kappa shape index (κ3) is 2.00. The van der Waals surface area contributed by atoms with Crippen molar-refractivity contribution >= 4 is 17.5 Å². The Balaban J connectivity index is 1.91. The van der Waals surface area contributed by atoms with Crippen LogP contribution in [0.25, 0.3) is 0 Å². The highest BCUT2D eigenvalue weighted by Gasteiger charge is 2.31. The molecule has 0 aliphatic carbocycles. The zero-order chi connectivity index (χ0) is 13.4. The molecule has 0 atom stereocenters. The number of benzene rings is 1. The summed E-state index contributed by atoms with van der Waals surface area (Å²) in [4.78, 5) is 28.1. The highest BCUT2D eigenvalue weighted by molar-refractivity contribution is 6.23. The molecule has 1 fully saturated rings. The lowest BCUT2D eigenvalue weighted by Crippen LogP contribution is -2.46. The van der Waals surface area contributed by atoms with Gasteiger partial charge in [0, 0.05) is 26.2 Å². The van der Waals surface area contributed by atoms with Crippen molar-refractivity contribution in [1.82, 2.24) is 10.2 Å². The third-order valence-corrected chi connectivity index (χ3v) is 3.90. The summed E-state index contributed by atoms with van der Waals surface area (Å²) in [7, 11) is 0. The first-order chi connectivity index (χ1) is 9.20. The predicted molar refractivity (Wildman–Crippen MR) is 72.6 cm³/mol. The zero-order valence-electron chi connectivity index (χ0n) is 11.0. The van der Waals surface area contributed by atoms with Gasteiger partial charge in [0.25, 0.3) is 11.8 Å². The van der Waals surface area contributed by atoms with Crippen LogP contribution < -0.4 is 10.2 Å². The standard InChI is InChI=1S/C14H17N3O2/c1-2-16-6-8-17(9-7-16)11-5-3-4-10-12(11)14(19)15-13(10)18/h3-5H,2,6-9H2,1H3,(H,15,18,19). The monoisotopic (exact) mass is 259 g/mol. The maximum absolute atomic E-state index is 11.9. The second-order valence-corrected chi connectivity index (χ2v) is 4.90. The Bertz CT molecular complexity index is 533. The summed E-state index contributed by atoms with van der Waals surface area (Å²) in [5, 5.41) is 2.37. The van der Waals surface area contributed by atoms with Crippen LogP contribution in [-0.4, -0.2) is 49.4 Å². The molecule has 100 valence electrons. The second kappa shape index (κ2) is 4.66. The fourth-order valence-corrected chi connectivity index (χ4v) is 2.77. The molecule has 1 saturated heterocycles. The van der Waals surface area contributed by atoms with E-state index in [1.165, 1.54) is 0 Å². The number of nitrogens with zero attached hydrogens (tertiary/aromatic N) is 2. The Morgan fingerprint density at radius 3 is 2.53 bits per heavy atom. The van der Waals surface area contributed by atoms with Gasteiger partial charge >= 0.3 is 0 Å². The Kier molecular flexibility index (Phi) is 2.98. The van der Waals surface area contributed by atoms with Crippen molar-refractivity contribution in [2.75, 3.05) is 37.6 Å². The van der Waals surface area contributed by atoms with E-state index in [1.807, 2.05) is 12.1 Å². The van der Waals surface area contributed by atoms with Crippen molar-refractivity contribution in [3.8, 4) is 0 Å². The van der Waals surface area contributed by atoms with Gasteiger partial charge in [0.05, 0.1) is 16.8 Å². The molecule has 5 heteroatoms. The predicted octanol–water partition coefficient (Wildman–Crippen LogP) is 0.712. The molecule has 0 radical (unpaired) electrons. The molecule has 2 aliphatic heterocycles. The van der Waals surface area contributed by atoms with Crippen molar-refractivity contribution < 1.29 is 9.59 Å². The number of carbonyl (C=O) groups is 2. The molecular formula is C14H17N3O2. The lowest BCUT2D eigenvalue weighted by Gasteiger charge is -2.36. The van der Waals surface area contributed by atoms with E-state index in [2.05, 4.69) is 22.0 Å². The van der Waals surface area contributed by atoms with Gasteiger partial charge in [-0.05, 0) is 18.7 Å². The van der Waals surface area contributed by atoms with Gasteiger partial charge in [-0.15, -0.1) is 0 Å². The van der Waals surface area contributed by atoms with Crippen LogP contribution >= 0.6 is 0 Å². The Labute approximate surface area is 112 Å². The Morgan fingerprint density at radius 2 is 1.84 bits per heavy atom. The molecule has 0 spiro atoms. The maximum Gasteiger partial charge on any atom is 0.261 e. The molecule has 2 amide bonds. The van der Waals surface area contributed by atoms with E-state index in [4.69, 9.17) is 0 Å². The van der Waals surface area contributed by atoms with Crippen LogP contribution in [-0.2, 0) is 0 Å². The molecule has 0 aromatic heterocycles. The van der Waals surface area contributed by atoms with Gasteiger partial charge in [0.15, 0.2) is 0 Å². The van der Waals surface area contributed by atoms with Crippen molar-refractivity contribution in [3.63, 3.8) is 0 Å². The number of carbonyl (C=O) groups excluding carboxylic acids is 2. The lowest BCUT2D eigenvalue weighted by molar-refractivity contribution is 0.0880. The summed E-state index contributed by atoms with van der Waals surface area (Å²) in [5.74, 6) is -0.553. The number of hydrogen-bond donors (Lipinski definition) is 1. The second-order valence-electron chi connectivity index (χ2n) is 4.90. The lowest BCUT2D eigenvalue weighted by atomic mass is 10.1.